The molecule has 6 nitrogen and oxygen atoms in total. The Hall–Kier alpha value is -2.64. The minimum absolute atomic E-state index is 0.470. The van der Waals surface area contributed by atoms with Gasteiger partial charge in [-0.25, -0.2) is 4.98 Å². The van der Waals surface area contributed by atoms with Gasteiger partial charge in [0.25, 0.3) is 0 Å². The first-order valence-electron chi connectivity index (χ1n) is 8.25. The fourth-order valence-electron chi connectivity index (χ4n) is 2.73. The van der Waals surface area contributed by atoms with Crippen molar-refractivity contribution >= 4 is 34.3 Å². The van der Waals surface area contributed by atoms with Gasteiger partial charge in [0.2, 0.25) is 5.16 Å². The predicted molar refractivity (Wildman–Crippen MR) is 107 cm³/mol. The van der Waals surface area contributed by atoms with Gasteiger partial charge >= 0.3 is 0 Å². The van der Waals surface area contributed by atoms with Crippen LogP contribution in [0.25, 0.3) is 16.6 Å². The zero-order chi connectivity index (χ0) is 18.8. The molecule has 0 radical (unpaired) electrons. The van der Waals surface area contributed by atoms with E-state index >= 15 is 0 Å². The Labute approximate surface area is 165 Å². The maximum Gasteiger partial charge on any atom is 0.214 e. The molecular formula is C19H16ClN5OS. The molecule has 136 valence electrons. The summed E-state index contributed by atoms with van der Waals surface area (Å²) in [5.41, 5.74) is 3.81. The van der Waals surface area contributed by atoms with Crippen molar-refractivity contribution in [2.45, 2.75) is 17.8 Å². The molecule has 0 bridgehead atoms. The number of methoxy groups -OCH3 is 1. The Bertz CT molecular complexity index is 1110. The van der Waals surface area contributed by atoms with Crippen molar-refractivity contribution in [1.29, 1.82) is 0 Å². The molecule has 0 aliphatic heterocycles. The number of aryl methyl sites for hydroxylation is 1. The number of tetrazole rings is 1. The molecule has 0 atom stereocenters. The minimum atomic E-state index is 0.470. The lowest BCUT2D eigenvalue weighted by Crippen LogP contribution is -1.99. The predicted octanol–water partition coefficient (Wildman–Crippen LogP) is 4.47. The largest absolute Gasteiger partial charge is 0.497 e. The van der Waals surface area contributed by atoms with Crippen molar-refractivity contribution in [3.05, 3.63) is 64.8 Å². The minimum Gasteiger partial charge on any atom is -0.497 e. The van der Waals surface area contributed by atoms with Gasteiger partial charge in [-0.1, -0.05) is 35.5 Å². The average Bonchev–Trinajstić information content (AvgIpc) is 3.14. The molecule has 0 saturated carbocycles. The van der Waals surface area contributed by atoms with Crippen molar-refractivity contribution in [2.24, 2.45) is 0 Å². The van der Waals surface area contributed by atoms with Crippen LogP contribution in [-0.2, 0) is 5.75 Å². The van der Waals surface area contributed by atoms with Gasteiger partial charge in [-0.05, 0) is 53.2 Å². The monoisotopic (exact) mass is 397 g/mol. The molecule has 27 heavy (non-hydrogen) atoms. The number of nitrogens with zero attached hydrogens (tertiary/aromatic N) is 5. The molecule has 2 aromatic carbocycles. The first-order chi connectivity index (χ1) is 13.1. The summed E-state index contributed by atoms with van der Waals surface area (Å²) in [6.45, 7) is 2.04. The summed E-state index contributed by atoms with van der Waals surface area (Å²) in [6, 6.07) is 15.8. The normalized spacial score (nSPS) is 11.1. The van der Waals surface area contributed by atoms with E-state index in [9.17, 15) is 0 Å². The third kappa shape index (κ3) is 3.74. The van der Waals surface area contributed by atoms with Crippen LogP contribution in [0.3, 0.4) is 0 Å². The summed E-state index contributed by atoms with van der Waals surface area (Å²) < 4.78 is 6.97. The van der Waals surface area contributed by atoms with Crippen molar-refractivity contribution in [3.63, 3.8) is 0 Å². The summed E-state index contributed by atoms with van der Waals surface area (Å²) in [7, 11) is 1.63. The van der Waals surface area contributed by atoms with Crippen LogP contribution in [0.5, 0.6) is 5.75 Å². The summed E-state index contributed by atoms with van der Waals surface area (Å²) in [6.07, 6.45) is 0. The Morgan fingerprint density at radius 3 is 2.85 bits per heavy atom. The van der Waals surface area contributed by atoms with Crippen LogP contribution in [-0.4, -0.2) is 32.3 Å². The van der Waals surface area contributed by atoms with Crippen molar-refractivity contribution in [3.8, 4) is 11.4 Å². The summed E-state index contributed by atoms with van der Waals surface area (Å²) >= 11 is 7.91. The first kappa shape index (κ1) is 17.8. The molecule has 0 aliphatic carbocycles. The number of halogens is 1. The lowest BCUT2D eigenvalue weighted by molar-refractivity contribution is 0.415. The van der Waals surface area contributed by atoms with Crippen molar-refractivity contribution < 1.29 is 4.74 Å². The Morgan fingerprint density at radius 2 is 2.04 bits per heavy atom. The van der Waals surface area contributed by atoms with Crippen molar-refractivity contribution in [2.75, 3.05) is 7.11 Å². The molecule has 4 rings (SSSR count). The zero-order valence-electron chi connectivity index (χ0n) is 14.8. The quantitative estimate of drug-likeness (QED) is 0.365. The number of hydrogen-bond donors (Lipinski definition) is 0. The van der Waals surface area contributed by atoms with Crippen LogP contribution in [0.2, 0.25) is 5.15 Å². The second-order valence-electron chi connectivity index (χ2n) is 6.00. The second kappa shape index (κ2) is 7.54. The highest BCUT2D eigenvalue weighted by molar-refractivity contribution is 7.98. The fraction of sp³-hybridized carbons (Fsp3) is 0.158. The van der Waals surface area contributed by atoms with E-state index in [4.69, 9.17) is 16.3 Å². The van der Waals surface area contributed by atoms with Crippen LogP contribution in [0.15, 0.2) is 53.7 Å². The van der Waals surface area contributed by atoms with E-state index in [2.05, 4.69) is 20.5 Å². The van der Waals surface area contributed by atoms with Gasteiger partial charge in [-0.2, -0.15) is 4.68 Å². The van der Waals surface area contributed by atoms with E-state index in [-0.39, 0.29) is 0 Å². The third-order valence-electron chi connectivity index (χ3n) is 4.09. The van der Waals surface area contributed by atoms with Crippen LogP contribution >= 0.6 is 23.4 Å². The lowest BCUT2D eigenvalue weighted by atomic mass is 10.1. The number of thioether (sulfide) groups is 1. The molecule has 0 unspecified atom stereocenters. The average molecular weight is 398 g/mol. The fourth-order valence-corrected chi connectivity index (χ4v) is 3.88. The number of hydrogen-bond acceptors (Lipinski definition) is 6. The standard InChI is InChI=1S/C19H16ClN5OS/c1-12-4-3-5-15(8-12)25-19(22-23-24-25)27-11-14-9-13-6-7-16(26-2)10-17(13)21-18(14)20/h3-10H,11H2,1-2H3. The molecular weight excluding hydrogens is 382 g/mol. The highest BCUT2D eigenvalue weighted by Gasteiger charge is 2.12. The van der Waals surface area contributed by atoms with Crippen LogP contribution < -0.4 is 4.74 Å². The van der Waals surface area contributed by atoms with Crippen LogP contribution in [0, 0.1) is 6.92 Å². The third-order valence-corrected chi connectivity index (χ3v) is 5.39. The van der Waals surface area contributed by atoms with Crippen molar-refractivity contribution in [1.82, 2.24) is 25.2 Å². The van der Waals surface area contributed by atoms with E-state index in [1.54, 1.807) is 11.8 Å². The zero-order valence-corrected chi connectivity index (χ0v) is 16.3. The van der Waals surface area contributed by atoms with E-state index in [1.165, 1.54) is 11.8 Å². The number of pyridine rings is 1. The van der Waals surface area contributed by atoms with E-state index < -0.39 is 0 Å². The second-order valence-corrected chi connectivity index (χ2v) is 7.30. The van der Waals surface area contributed by atoms with E-state index in [1.807, 2.05) is 55.5 Å². The van der Waals surface area contributed by atoms with Gasteiger partial charge in [-0.15, -0.1) is 5.10 Å². The van der Waals surface area contributed by atoms with E-state index in [0.29, 0.717) is 16.1 Å². The number of ether oxygens (including phenoxy) is 1. The van der Waals surface area contributed by atoms with Crippen LogP contribution in [0.4, 0.5) is 0 Å². The summed E-state index contributed by atoms with van der Waals surface area (Å²) in [4.78, 5) is 4.49. The Morgan fingerprint density at radius 1 is 1.15 bits per heavy atom. The van der Waals surface area contributed by atoms with Gasteiger partial charge in [0.15, 0.2) is 0 Å². The van der Waals surface area contributed by atoms with Crippen LogP contribution in [0.1, 0.15) is 11.1 Å². The van der Waals surface area contributed by atoms with Gasteiger partial charge in [-0.3, -0.25) is 0 Å². The molecule has 0 saturated heterocycles. The summed E-state index contributed by atoms with van der Waals surface area (Å²) in [5.74, 6) is 1.37. The lowest BCUT2D eigenvalue weighted by Gasteiger charge is -2.08. The number of aromatic nitrogens is 5. The SMILES string of the molecule is COc1ccc2cc(CSc3nnnn3-c3cccc(C)c3)c(Cl)nc2c1. The van der Waals surface area contributed by atoms with Gasteiger partial charge in [0.05, 0.1) is 18.3 Å². The molecule has 0 N–H and O–H groups in total. The van der Waals surface area contributed by atoms with Gasteiger partial charge in [0, 0.05) is 22.8 Å². The maximum absolute atomic E-state index is 6.39. The summed E-state index contributed by atoms with van der Waals surface area (Å²) in [5, 5.41) is 14.2. The molecule has 0 amide bonds. The number of benzene rings is 2. The molecule has 8 heteroatoms. The topological polar surface area (TPSA) is 65.7 Å². The molecule has 0 aliphatic rings. The Kier molecular flexibility index (Phi) is 4.96. The highest BCUT2D eigenvalue weighted by Crippen LogP contribution is 2.29. The molecule has 0 spiro atoms. The maximum atomic E-state index is 6.39. The molecule has 2 aromatic heterocycles. The van der Waals surface area contributed by atoms with E-state index in [0.717, 1.165) is 33.5 Å². The Balaban J connectivity index is 1.59. The highest BCUT2D eigenvalue weighted by atomic mass is 35.5. The smallest absolute Gasteiger partial charge is 0.214 e. The van der Waals surface area contributed by atoms with Gasteiger partial charge in [0.1, 0.15) is 10.9 Å². The first-order valence-corrected chi connectivity index (χ1v) is 9.62. The number of rotatable bonds is 5. The van der Waals surface area contributed by atoms with Gasteiger partial charge < -0.3 is 4.74 Å². The molecule has 4 aromatic rings. The molecule has 0 fully saturated rings. The number of fused-ring (bicyclic) bond motifs is 1. The molecule has 2 heterocycles.